The number of amides is 1. The number of halogens is 2. The highest BCUT2D eigenvalue weighted by molar-refractivity contribution is 9.11. The third-order valence-electron chi connectivity index (χ3n) is 3.22. The minimum absolute atomic E-state index is 0.149. The highest BCUT2D eigenvalue weighted by atomic mass is 79.9. The van der Waals surface area contributed by atoms with Crippen LogP contribution in [0.3, 0.4) is 0 Å². The number of nitrogens with one attached hydrogen (secondary N) is 1. The molecule has 1 aliphatic heterocycles. The molecular weight excluding hydrogens is 392 g/mol. The molecule has 0 saturated carbocycles. The van der Waals surface area contributed by atoms with Crippen LogP contribution in [0.4, 0.5) is 5.69 Å². The predicted octanol–water partition coefficient (Wildman–Crippen LogP) is 2.56. The van der Waals surface area contributed by atoms with Crippen LogP contribution in [0.5, 0.6) is 0 Å². The Balaban J connectivity index is 1.92. The van der Waals surface area contributed by atoms with E-state index < -0.39 is 5.97 Å². The largest absolute Gasteiger partial charge is 0.481 e. The molecule has 1 fully saturated rings. The molecule has 0 radical (unpaired) electrons. The van der Waals surface area contributed by atoms with Gasteiger partial charge in [-0.05, 0) is 57.0 Å². The van der Waals surface area contributed by atoms with Crippen LogP contribution >= 0.6 is 31.9 Å². The molecular formula is C13H14Br2N2O3. The summed E-state index contributed by atoms with van der Waals surface area (Å²) in [5, 5.41) is 11.8. The molecule has 1 aliphatic rings. The fourth-order valence-electron chi connectivity index (χ4n) is 2.18. The topological polar surface area (TPSA) is 69.6 Å². The Morgan fingerprint density at radius 2 is 2.00 bits per heavy atom. The molecule has 20 heavy (non-hydrogen) atoms. The van der Waals surface area contributed by atoms with Gasteiger partial charge in [0, 0.05) is 15.5 Å². The van der Waals surface area contributed by atoms with Crippen molar-refractivity contribution in [2.45, 2.75) is 6.42 Å². The lowest BCUT2D eigenvalue weighted by Gasteiger charge is -2.16. The lowest BCUT2D eigenvalue weighted by molar-refractivity contribution is -0.141. The zero-order chi connectivity index (χ0) is 14.7. The van der Waals surface area contributed by atoms with Crippen molar-refractivity contribution in [2.75, 3.05) is 25.0 Å². The van der Waals surface area contributed by atoms with Crippen molar-refractivity contribution in [3.05, 3.63) is 27.1 Å². The van der Waals surface area contributed by atoms with E-state index in [2.05, 4.69) is 37.2 Å². The van der Waals surface area contributed by atoms with Gasteiger partial charge < -0.3 is 10.4 Å². The number of hydrogen-bond donors (Lipinski definition) is 2. The van der Waals surface area contributed by atoms with Crippen LogP contribution in [0.25, 0.3) is 0 Å². The maximum atomic E-state index is 12.0. The first-order valence-electron chi connectivity index (χ1n) is 6.16. The van der Waals surface area contributed by atoms with E-state index in [0.29, 0.717) is 25.2 Å². The van der Waals surface area contributed by atoms with Crippen molar-refractivity contribution in [3.8, 4) is 0 Å². The summed E-state index contributed by atoms with van der Waals surface area (Å²) in [6.07, 6.45) is 0.599. The summed E-state index contributed by atoms with van der Waals surface area (Å²) < 4.78 is 1.59. The molecule has 1 aromatic rings. The van der Waals surface area contributed by atoms with Crippen molar-refractivity contribution in [2.24, 2.45) is 5.92 Å². The van der Waals surface area contributed by atoms with Crippen molar-refractivity contribution >= 4 is 49.4 Å². The van der Waals surface area contributed by atoms with Gasteiger partial charge in [-0.3, -0.25) is 14.5 Å². The van der Waals surface area contributed by atoms with Gasteiger partial charge in [0.05, 0.1) is 18.2 Å². The van der Waals surface area contributed by atoms with E-state index in [1.54, 1.807) is 0 Å². The van der Waals surface area contributed by atoms with Gasteiger partial charge in [0.1, 0.15) is 0 Å². The molecule has 0 aliphatic carbocycles. The fourth-order valence-corrected chi connectivity index (χ4v) is 3.37. The summed E-state index contributed by atoms with van der Waals surface area (Å²) in [4.78, 5) is 24.7. The van der Waals surface area contributed by atoms with E-state index in [0.717, 1.165) is 8.95 Å². The van der Waals surface area contributed by atoms with E-state index in [1.807, 2.05) is 23.1 Å². The van der Waals surface area contributed by atoms with Gasteiger partial charge in [-0.2, -0.15) is 0 Å². The average molecular weight is 406 g/mol. The predicted molar refractivity (Wildman–Crippen MR) is 82.7 cm³/mol. The second-order valence-electron chi connectivity index (χ2n) is 4.70. The molecule has 2 N–H and O–H groups in total. The first-order chi connectivity index (χ1) is 9.47. The molecule has 0 bridgehead atoms. The molecule has 1 aromatic carbocycles. The van der Waals surface area contributed by atoms with E-state index in [4.69, 9.17) is 5.11 Å². The lowest BCUT2D eigenvalue weighted by Crippen LogP contribution is -2.32. The van der Waals surface area contributed by atoms with Crippen LogP contribution in [0, 0.1) is 5.92 Å². The van der Waals surface area contributed by atoms with Gasteiger partial charge in [-0.1, -0.05) is 6.07 Å². The summed E-state index contributed by atoms with van der Waals surface area (Å²) >= 11 is 6.76. The molecule has 1 heterocycles. The lowest BCUT2D eigenvalue weighted by atomic mass is 10.1. The summed E-state index contributed by atoms with van der Waals surface area (Å²) in [7, 11) is 0. The van der Waals surface area contributed by atoms with Crippen molar-refractivity contribution < 1.29 is 14.7 Å². The molecule has 1 saturated heterocycles. The molecule has 2 rings (SSSR count). The summed E-state index contributed by atoms with van der Waals surface area (Å²) in [6, 6.07) is 5.55. The Bertz CT molecular complexity index is 516. The average Bonchev–Trinajstić information content (AvgIpc) is 2.82. The zero-order valence-electron chi connectivity index (χ0n) is 10.6. The number of nitrogens with zero attached hydrogens (tertiary/aromatic N) is 1. The number of carboxylic acid groups (broad SMARTS) is 1. The minimum atomic E-state index is -0.790. The molecule has 1 unspecified atom stereocenters. The molecule has 0 spiro atoms. The number of para-hydroxylation sites is 1. The quantitative estimate of drug-likeness (QED) is 0.807. The SMILES string of the molecule is O=C(CN1CCC(C(=O)O)C1)Nc1c(Br)cccc1Br. The second-order valence-corrected chi connectivity index (χ2v) is 6.41. The van der Waals surface area contributed by atoms with Crippen LogP contribution in [-0.4, -0.2) is 41.5 Å². The highest BCUT2D eigenvalue weighted by Crippen LogP contribution is 2.30. The maximum Gasteiger partial charge on any atom is 0.307 e. The number of hydrogen-bond acceptors (Lipinski definition) is 3. The molecule has 1 atom stereocenters. The Labute approximate surface area is 133 Å². The second kappa shape index (κ2) is 6.69. The molecule has 0 aromatic heterocycles. The Morgan fingerprint density at radius 3 is 2.55 bits per heavy atom. The van der Waals surface area contributed by atoms with Crippen LogP contribution in [0.2, 0.25) is 0 Å². The van der Waals surface area contributed by atoms with Crippen LogP contribution in [0.15, 0.2) is 27.1 Å². The number of aliphatic carboxylic acids is 1. The fraction of sp³-hybridized carbons (Fsp3) is 0.385. The van der Waals surface area contributed by atoms with Crippen molar-refractivity contribution in [3.63, 3.8) is 0 Å². The first kappa shape index (κ1) is 15.5. The number of rotatable bonds is 4. The van der Waals surface area contributed by atoms with E-state index in [9.17, 15) is 9.59 Å². The van der Waals surface area contributed by atoms with Gasteiger partial charge in [0.15, 0.2) is 0 Å². The normalized spacial score (nSPS) is 19.0. The number of likely N-dealkylation sites (tertiary alicyclic amines) is 1. The zero-order valence-corrected chi connectivity index (χ0v) is 13.8. The van der Waals surface area contributed by atoms with E-state index >= 15 is 0 Å². The van der Waals surface area contributed by atoms with Crippen LogP contribution < -0.4 is 5.32 Å². The van der Waals surface area contributed by atoms with Gasteiger partial charge >= 0.3 is 5.97 Å². The van der Waals surface area contributed by atoms with Gasteiger partial charge in [-0.15, -0.1) is 0 Å². The summed E-state index contributed by atoms with van der Waals surface area (Å²) in [6.45, 7) is 1.28. The highest BCUT2D eigenvalue weighted by Gasteiger charge is 2.29. The van der Waals surface area contributed by atoms with Crippen molar-refractivity contribution in [1.82, 2.24) is 4.90 Å². The molecule has 7 heteroatoms. The minimum Gasteiger partial charge on any atom is -0.481 e. The number of carbonyl (C=O) groups is 2. The van der Waals surface area contributed by atoms with Gasteiger partial charge in [0.2, 0.25) is 5.91 Å². The first-order valence-corrected chi connectivity index (χ1v) is 7.75. The number of carboxylic acids is 1. The van der Waals surface area contributed by atoms with Gasteiger partial charge in [-0.25, -0.2) is 0 Å². The monoisotopic (exact) mass is 404 g/mol. The maximum absolute atomic E-state index is 12.0. The van der Waals surface area contributed by atoms with Crippen LogP contribution in [0.1, 0.15) is 6.42 Å². The van der Waals surface area contributed by atoms with Gasteiger partial charge in [0.25, 0.3) is 0 Å². The smallest absolute Gasteiger partial charge is 0.307 e. The number of carbonyl (C=O) groups excluding carboxylic acids is 1. The Morgan fingerprint density at radius 1 is 1.35 bits per heavy atom. The summed E-state index contributed by atoms with van der Waals surface area (Å²) in [5.74, 6) is -1.30. The van der Waals surface area contributed by atoms with E-state index in [1.165, 1.54) is 0 Å². The number of anilines is 1. The Kier molecular flexibility index (Phi) is 5.17. The third kappa shape index (κ3) is 3.80. The molecule has 108 valence electrons. The number of benzene rings is 1. The Hall–Kier alpha value is -0.920. The van der Waals surface area contributed by atoms with Crippen molar-refractivity contribution in [1.29, 1.82) is 0 Å². The molecule has 1 amide bonds. The van der Waals surface area contributed by atoms with E-state index in [-0.39, 0.29) is 18.4 Å². The molecule has 5 nitrogen and oxygen atoms in total. The van der Waals surface area contributed by atoms with Crippen LogP contribution in [-0.2, 0) is 9.59 Å². The summed E-state index contributed by atoms with van der Waals surface area (Å²) in [5.41, 5.74) is 0.687. The standard InChI is InChI=1S/C13H14Br2N2O3/c14-9-2-1-3-10(15)12(9)16-11(18)7-17-5-4-8(6-17)13(19)20/h1-3,8H,4-7H2,(H,16,18)(H,19,20). The third-order valence-corrected chi connectivity index (χ3v) is 4.54.